The van der Waals surface area contributed by atoms with Crippen LogP contribution in [-0.4, -0.2) is 0 Å². The number of hydrogen-bond donors (Lipinski definition) is 1. The molecular weight excluding hydrogens is 310 g/mol. The van der Waals surface area contributed by atoms with E-state index in [0.29, 0.717) is 0 Å². The van der Waals surface area contributed by atoms with Gasteiger partial charge in [0.05, 0.1) is 0 Å². The highest BCUT2D eigenvalue weighted by Gasteiger charge is 1.97. The summed E-state index contributed by atoms with van der Waals surface area (Å²) in [5, 5.41) is 3.46. The van der Waals surface area contributed by atoms with Crippen LogP contribution in [0.3, 0.4) is 0 Å². The van der Waals surface area contributed by atoms with Gasteiger partial charge in [-0.15, -0.1) is 0 Å². The number of halogens is 1. The number of benzene rings is 2. The Hall–Kier alpha value is -1.28. The second-order valence-electron chi connectivity index (χ2n) is 5.14. The van der Waals surface area contributed by atoms with Gasteiger partial charge in [-0.3, -0.25) is 0 Å². The van der Waals surface area contributed by atoms with Crippen LogP contribution in [0.25, 0.3) is 0 Å². The lowest BCUT2D eigenvalue weighted by atomic mass is 10.1. The lowest BCUT2D eigenvalue weighted by Gasteiger charge is -2.08. The highest BCUT2D eigenvalue weighted by molar-refractivity contribution is 9.10. The molecule has 0 aliphatic carbocycles. The molecule has 0 aliphatic heterocycles. The third-order valence-electron chi connectivity index (χ3n) is 3.41. The van der Waals surface area contributed by atoms with E-state index in [2.05, 4.69) is 76.7 Å². The zero-order chi connectivity index (χ0) is 14.2. The van der Waals surface area contributed by atoms with Crippen LogP contribution in [0, 0.1) is 0 Å². The summed E-state index contributed by atoms with van der Waals surface area (Å²) in [4.78, 5) is 0. The SMILES string of the molecule is CCCCCc1ccc(NCc2cccc(Br)c2)cc1. The van der Waals surface area contributed by atoms with E-state index in [1.807, 2.05) is 0 Å². The number of hydrogen-bond acceptors (Lipinski definition) is 1. The normalized spacial score (nSPS) is 10.5. The largest absolute Gasteiger partial charge is 0.381 e. The molecule has 0 saturated heterocycles. The Morgan fingerprint density at radius 3 is 2.45 bits per heavy atom. The van der Waals surface area contributed by atoms with Crippen molar-refractivity contribution in [2.24, 2.45) is 0 Å². The summed E-state index contributed by atoms with van der Waals surface area (Å²) in [5.41, 5.74) is 3.90. The molecule has 2 aromatic carbocycles. The van der Waals surface area contributed by atoms with Crippen LogP contribution in [0.15, 0.2) is 53.0 Å². The number of anilines is 1. The maximum atomic E-state index is 3.50. The van der Waals surface area contributed by atoms with E-state index in [4.69, 9.17) is 0 Å². The Kier molecular flexibility index (Phi) is 6.13. The molecule has 106 valence electrons. The van der Waals surface area contributed by atoms with Crippen molar-refractivity contribution in [3.05, 3.63) is 64.1 Å². The summed E-state index contributed by atoms with van der Waals surface area (Å²) in [7, 11) is 0. The maximum absolute atomic E-state index is 3.50. The van der Waals surface area contributed by atoms with Crippen LogP contribution in [0.1, 0.15) is 37.3 Å². The topological polar surface area (TPSA) is 12.0 Å². The van der Waals surface area contributed by atoms with Gasteiger partial charge in [0.25, 0.3) is 0 Å². The lowest BCUT2D eigenvalue weighted by molar-refractivity contribution is 0.717. The number of nitrogens with one attached hydrogen (secondary N) is 1. The molecule has 2 rings (SSSR count). The molecular formula is C18H22BrN. The minimum atomic E-state index is 0.856. The number of rotatable bonds is 7. The minimum Gasteiger partial charge on any atom is -0.381 e. The first-order chi connectivity index (χ1) is 9.78. The van der Waals surface area contributed by atoms with Crippen molar-refractivity contribution in [3.63, 3.8) is 0 Å². The van der Waals surface area contributed by atoms with Crippen molar-refractivity contribution >= 4 is 21.6 Å². The smallest absolute Gasteiger partial charge is 0.0401 e. The predicted octanol–water partition coefficient (Wildman–Crippen LogP) is 5.79. The lowest BCUT2D eigenvalue weighted by Crippen LogP contribution is -1.99. The second kappa shape index (κ2) is 8.11. The van der Waals surface area contributed by atoms with Crippen molar-refractivity contribution in [2.45, 2.75) is 39.2 Å². The van der Waals surface area contributed by atoms with E-state index >= 15 is 0 Å². The van der Waals surface area contributed by atoms with Gasteiger partial charge >= 0.3 is 0 Å². The first kappa shape index (κ1) is 15.1. The zero-order valence-corrected chi connectivity index (χ0v) is 13.6. The average molecular weight is 332 g/mol. The standard InChI is InChI=1S/C18H22BrN/c1-2-3-4-6-15-9-11-18(12-10-15)20-14-16-7-5-8-17(19)13-16/h5,7-13,20H,2-4,6,14H2,1H3. The van der Waals surface area contributed by atoms with Gasteiger partial charge in [0.15, 0.2) is 0 Å². The fourth-order valence-corrected chi connectivity index (χ4v) is 2.67. The van der Waals surface area contributed by atoms with Crippen LogP contribution in [-0.2, 0) is 13.0 Å². The molecule has 0 radical (unpaired) electrons. The summed E-state index contributed by atoms with van der Waals surface area (Å²) in [5.74, 6) is 0. The third kappa shape index (κ3) is 5.01. The van der Waals surface area contributed by atoms with Gasteiger partial charge in [-0.05, 0) is 48.2 Å². The second-order valence-corrected chi connectivity index (χ2v) is 6.05. The van der Waals surface area contributed by atoms with Crippen LogP contribution in [0.5, 0.6) is 0 Å². The first-order valence-electron chi connectivity index (χ1n) is 7.35. The molecule has 1 N–H and O–H groups in total. The quantitative estimate of drug-likeness (QED) is 0.632. The molecule has 0 bridgehead atoms. The zero-order valence-electron chi connectivity index (χ0n) is 12.0. The van der Waals surface area contributed by atoms with Gasteiger partial charge in [0, 0.05) is 16.7 Å². The minimum absolute atomic E-state index is 0.856. The van der Waals surface area contributed by atoms with E-state index in [0.717, 1.165) is 11.0 Å². The fraction of sp³-hybridized carbons (Fsp3) is 0.333. The molecule has 0 amide bonds. The first-order valence-corrected chi connectivity index (χ1v) is 8.14. The molecule has 0 saturated carbocycles. The van der Waals surface area contributed by atoms with Gasteiger partial charge in [0.2, 0.25) is 0 Å². The molecule has 0 aromatic heterocycles. The maximum Gasteiger partial charge on any atom is 0.0401 e. The van der Waals surface area contributed by atoms with Crippen molar-refractivity contribution in [1.29, 1.82) is 0 Å². The monoisotopic (exact) mass is 331 g/mol. The van der Waals surface area contributed by atoms with Crippen LogP contribution in [0.2, 0.25) is 0 Å². The van der Waals surface area contributed by atoms with Crippen molar-refractivity contribution in [2.75, 3.05) is 5.32 Å². The Morgan fingerprint density at radius 1 is 0.950 bits per heavy atom. The molecule has 2 aromatic rings. The van der Waals surface area contributed by atoms with Gasteiger partial charge < -0.3 is 5.32 Å². The summed E-state index contributed by atoms with van der Waals surface area (Å²) in [6.07, 6.45) is 5.09. The van der Waals surface area contributed by atoms with Crippen LogP contribution in [0.4, 0.5) is 5.69 Å². The van der Waals surface area contributed by atoms with Gasteiger partial charge in [-0.1, -0.05) is 60.0 Å². The van der Waals surface area contributed by atoms with Gasteiger partial charge in [-0.2, -0.15) is 0 Å². The summed E-state index contributed by atoms with van der Waals surface area (Å²) < 4.78 is 1.13. The molecule has 0 fully saturated rings. The molecule has 0 aliphatic rings. The van der Waals surface area contributed by atoms with Gasteiger partial charge in [-0.25, -0.2) is 0 Å². The molecule has 0 unspecified atom stereocenters. The number of aryl methyl sites for hydroxylation is 1. The highest BCUT2D eigenvalue weighted by atomic mass is 79.9. The van der Waals surface area contributed by atoms with E-state index in [-0.39, 0.29) is 0 Å². The molecule has 0 spiro atoms. The van der Waals surface area contributed by atoms with E-state index in [9.17, 15) is 0 Å². The Morgan fingerprint density at radius 2 is 1.75 bits per heavy atom. The molecule has 20 heavy (non-hydrogen) atoms. The van der Waals surface area contributed by atoms with Crippen molar-refractivity contribution in [1.82, 2.24) is 0 Å². The van der Waals surface area contributed by atoms with Crippen LogP contribution < -0.4 is 5.32 Å². The molecule has 0 atom stereocenters. The highest BCUT2D eigenvalue weighted by Crippen LogP contribution is 2.15. The van der Waals surface area contributed by atoms with Crippen LogP contribution >= 0.6 is 15.9 Å². The Labute approximate surface area is 130 Å². The summed E-state index contributed by atoms with van der Waals surface area (Å²) in [6, 6.07) is 17.2. The fourth-order valence-electron chi connectivity index (χ4n) is 2.22. The van der Waals surface area contributed by atoms with E-state index in [1.165, 1.54) is 42.5 Å². The van der Waals surface area contributed by atoms with E-state index in [1.54, 1.807) is 0 Å². The van der Waals surface area contributed by atoms with Crippen molar-refractivity contribution < 1.29 is 0 Å². The molecule has 1 nitrogen and oxygen atoms in total. The average Bonchev–Trinajstić information content (AvgIpc) is 2.47. The van der Waals surface area contributed by atoms with Gasteiger partial charge in [0.1, 0.15) is 0 Å². The summed E-state index contributed by atoms with van der Waals surface area (Å²) in [6.45, 7) is 3.10. The Balaban J connectivity index is 1.84. The molecule has 2 heteroatoms. The number of unbranched alkanes of at least 4 members (excludes halogenated alkanes) is 2. The third-order valence-corrected chi connectivity index (χ3v) is 3.90. The Bertz CT molecular complexity index is 519. The summed E-state index contributed by atoms with van der Waals surface area (Å²) >= 11 is 3.50. The molecule has 0 heterocycles. The van der Waals surface area contributed by atoms with Crippen molar-refractivity contribution in [3.8, 4) is 0 Å². The van der Waals surface area contributed by atoms with E-state index < -0.39 is 0 Å². The predicted molar refractivity (Wildman–Crippen MR) is 91.1 cm³/mol.